The van der Waals surface area contributed by atoms with E-state index >= 15 is 0 Å². The highest BCUT2D eigenvalue weighted by Crippen LogP contribution is 2.34. The molecular weight excluding hydrogens is 356 g/mol. The Bertz CT molecular complexity index is 713. The monoisotopic (exact) mass is 384 g/mol. The normalized spacial score (nSPS) is 19.6. The first kappa shape index (κ1) is 19.9. The second-order valence-corrected chi connectivity index (χ2v) is 8.02. The molecule has 0 bridgehead atoms. The fourth-order valence-corrected chi connectivity index (χ4v) is 3.98. The molecule has 3 heteroatoms. The molecule has 0 atom stereocenters. The van der Waals surface area contributed by atoms with Crippen LogP contribution < -0.4 is 0 Å². The van der Waals surface area contributed by atoms with Crippen LogP contribution in [0.1, 0.15) is 79.3 Å². The summed E-state index contributed by atoms with van der Waals surface area (Å²) in [6.45, 7) is 2.21. The molecule has 0 aromatic heterocycles. The van der Waals surface area contributed by atoms with E-state index in [4.69, 9.17) is 16.3 Å². The van der Waals surface area contributed by atoms with Gasteiger partial charge in [0.15, 0.2) is 0 Å². The van der Waals surface area contributed by atoms with Gasteiger partial charge in [0.2, 0.25) is 0 Å². The SMILES string of the molecule is CCCCCc1ccc(C(=O)O[C@H]2CC[C@H](c3ccc(Cl)cc3)CC2)cc1. The van der Waals surface area contributed by atoms with Crippen LogP contribution >= 0.6 is 11.6 Å². The van der Waals surface area contributed by atoms with E-state index in [1.807, 2.05) is 24.3 Å². The van der Waals surface area contributed by atoms with Crippen LogP contribution in [0.5, 0.6) is 0 Å². The van der Waals surface area contributed by atoms with Crippen molar-refractivity contribution in [2.75, 3.05) is 0 Å². The number of hydrogen-bond donors (Lipinski definition) is 0. The average Bonchev–Trinajstić information content (AvgIpc) is 2.70. The third-order valence-electron chi connectivity index (χ3n) is 5.55. The van der Waals surface area contributed by atoms with Crippen LogP contribution in [0.25, 0.3) is 0 Å². The Kier molecular flexibility index (Phi) is 7.34. The van der Waals surface area contributed by atoms with E-state index < -0.39 is 0 Å². The summed E-state index contributed by atoms with van der Waals surface area (Å²) in [5.41, 5.74) is 3.29. The third kappa shape index (κ3) is 5.84. The van der Waals surface area contributed by atoms with E-state index in [1.54, 1.807) is 0 Å². The van der Waals surface area contributed by atoms with Crippen LogP contribution in [0.3, 0.4) is 0 Å². The van der Waals surface area contributed by atoms with Gasteiger partial charge in [0.05, 0.1) is 5.56 Å². The van der Waals surface area contributed by atoms with E-state index in [0.717, 1.165) is 37.1 Å². The highest BCUT2D eigenvalue weighted by Gasteiger charge is 2.25. The van der Waals surface area contributed by atoms with Gasteiger partial charge < -0.3 is 4.74 Å². The molecule has 2 aromatic rings. The van der Waals surface area contributed by atoms with Crippen molar-refractivity contribution in [1.29, 1.82) is 0 Å². The van der Waals surface area contributed by atoms with Crippen molar-refractivity contribution in [1.82, 2.24) is 0 Å². The molecule has 1 saturated carbocycles. The molecule has 1 aliphatic carbocycles. The van der Waals surface area contributed by atoms with Crippen molar-refractivity contribution in [3.8, 4) is 0 Å². The molecule has 2 nitrogen and oxygen atoms in total. The number of ether oxygens (including phenoxy) is 1. The zero-order chi connectivity index (χ0) is 19.1. The molecule has 3 rings (SSSR count). The summed E-state index contributed by atoms with van der Waals surface area (Å²) in [6, 6.07) is 16.1. The summed E-state index contributed by atoms with van der Waals surface area (Å²) in [6.07, 6.45) is 8.75. The van der Waals surface area contributed by atoms with Gasteiger partial charge in [-0.25, -0.2) is 4.79 Å². The molecule has 0 aliphatic heterocycles. The second kappa shape index (κ2) is 9.94. The minimum Gasteiger partial charge on any atom is -0.459 e. The first-order valence-corrected chi connectivity index (χ1v) is 10.6. The van der Waals surface area contributed by atoms with Gasteiger partial charge in [0.1, 0.15) is 6.10 Å². The fraction of sp³-hybridized carbons (Fsp3) is 0.458. The Labute approximate surface area is 167 Å². The second-order valence-electron chi connectivity index (χ2n) is 7.58. The van der Waals surface area contributed by atoms with Gasteiger partial charge in [0.25, 0.3) is 0 Å². The van der Waals surface area contributed by atoms with Crippen molar-refractivity contribution >= 4 is 17.6 Å². The van der Waals surface area contributed by atoms with Gasteiger partial charge in [0, 0.05) is 5.02 Å². The lowest BCUT2D eigenvalue weighted by molar-refractivity contribution is 0.0195. The maximum atomic E-state index is 12.4. The van der Waals surface area contributed by atoms with E-state index in [0.29, 0.717) is 11.5 Å². The van der Waals surface area contributed by atoms with Crippen molar-refractivity contribution in [3.05, 3.63) is 70.2 Å². The number of hydrogen-bond acceptors (Lipinski definition) is 2. The van der Waals surface area contributed by atoms with Crippen LogP contribution in [0.2, 0.25) is 5.02 Å². The van der Waals surface area contributed by atoms with Gasteiger partial charge in [-0.3, -0.25) is 0 Å². The minimum absolute atomic E-state index is 0.0327. The Morgan fingerprint density at radius 3 is 2.26 bits per heavy atom. The maximum Gasteiger partial charge on any atom is 0.338 e. The van der Waals surface area contributed by atoms with Crippen molar-refractivity contribution in [3.63, 3.8) is 0 Å². The van der Waals surface area contributed by atoms with Crippen LogP contribution in [0.4, 0.5) is 0 Å². The zero-order valence-corrected chi connectivity index (χ0v) is 16.9. The van der Waals surface area contributed by atoms with Gasteiger partial charge >= 0.3 is 5.97 Å². The van der Waals surface area contributed by atoms with Gasteiger partial charge in [-0.05, 0) is 79.8 Å². The molecule has 0 saturated heterocycles. The minimum atomic E-state index is -0.190. The fourth-order valence-electron chi connectivity index (χ4n) is 3.85. The summed E-state index contributed by atoms with van der Waals surface area (Å²) in [5, 5.41) is 0.776. The number of unbranched alkanes of at least 4 members (excludes halogenated alkanes) is 2. The number of aryl methyl sites for hydroxylation is 1. The van der Waals surface area contributed by atoms with Gasteiger partial charge in [-0.2, -0.15) is 0 Å². The quantitative estimate of drug-likeness (QED) is 0.381. The van der Waals surface area contributed by atoms with Crippen molar-refractivity contribution < 1.29 is 9.53 Å². The number of esters is 1. The molecule has 27 heavy (non-hydrogen) atoms. The first-order chi connectivity index (χ1) is 13.2. The first-order valence-electron chi connectivity index (χ1n) is 10.2. The molecule has 0 amide bonds. The molecule has 1 aliphatic rings. The van der Waals surface area contributed by atoms with Crippen LogP contribution in [-0.4, -0.2) is 12.1 Å². The highest BCUT2D eigenvalue weighted by molar-refractivity contribution is 6.30. The van der Waals surface area contributed by atoms with Crippen molar-refractivity contribution in [2.24, 2.45) is 0 Å². The summed E-state index contributed by atoms with van der Waals surface area (Å²) in [5.74, 6) is 0.352. The Balaban J connectivity index is 1.47. The van der Waals surface area contributed by atoms with Crippen LogP contribution in [-0.2, 0) is 11.2 Å². The lowest BCUT2D eigenvalue weighted by atomic mass is 9.83. The summed E-state index contributed by atoms with van der Waals surface area (Å²) in [7, 11) is 0. The molecule has 0 N–H and O–H groups in total. The van der Waals surface area contributed by atoms with Crippen LogP contribution in [0.15, 0.2) is 48.5 Å². The lowest BCUT2D eigenvalue weighted by Crippen LogP contribution is -2.24. The molecule has 1 fully saturated rings. The smallest absolute Gasteiger partial charge is 0.338 e. The number of rotatable bonds is 7. The largest absolute Gasteiger partial charge is 0.459 e. The van der Waals surface area contributed by atoms with Gasteiger partial charge in [-0.15, -0.1) is 0 Å². The van der Waals surface area contributed by atoms with E-state index in [9.17, 15) is 4.79 Å². The molecular formula is C24H29ClO2. The molecule has 2 aromatic carbocycles. The Morgan fingerprint density at radius 2 is 1.63 bits per heavy atom. The van der Waals surface area contributed by atoms with Crippen molar-refractivity contribution in [2.45, 2.75) is 70.3 Å². The van der Waals surface area contributed by atoms with E-state index in [1.165, 1.54) is 30.4 Å². The Hall–Kier alpha value is -1.80. The summed E-state index contributed by atoms with van der Waals surface area (Å²) >= 11 is 5.97. The lowest BCUT2D eigenvalue weighted by Gasteiger charge is -2.28. The molecule has 0 heterocycles. The number of benzene rings is 2. The third-order valence-corrected chi connectivity index (χ3v) is 5.80. The highest BCUT2D eigenvalue weighted by atomic mass is 35.5. The molecule has 0 spiro atoms. The molecule has 0 unspecified atom stereocenters. The van der Waals surface area contributed by atoms with Gasteiger partial charge in [-0.1, -0.05) is 55.6 Å². The predicted molar refractivity (Wildman–Crippen MR) is 112 cm³/mol. The Morgan fingerprint density at radius 1 is 0.963 bits per heavy atom. The molecule has 144 valence electrons. The molecule has 0 radical (unpaired) electrons. The zero-order valence-electron chi connectivity index (χ0n) is 16.1. The predicted octanol–water partition coefficient (Wildman–Crippen LogP) is 6.96. The number of carbonyl (C=O) groups is 1. The van der Waals surface area contributed by atoms with E-state index in [-0.39, 0.29) is 12.1 Å². The number of carbonyl (C=O) groups excluding carboxylic acids is 1. The summed E-state index contributed by atoms with van der Waals surface area (Å²) < 4.78 is 5.76. The maximum absolute atomic E-state index is 12.4. The summed E-state index contributed by atoms with van der Waals surface area (Å²) in [4.78, 5) is 12.4. The topological polar surface area (TPSA) is 26.3 Å². The standard InChI is InChI=1S/C24H29ClO2/c1-2-3-4-5-18-6-8-21(9-7-18)24(26)27-23-16-12-20(13-17-23)19-10-14-22(25)15-11-19/h6-11,14-15,20,23H,2-5,12-13,16-17H2,1H3/t20-,23-. The van der Waals surface area contributed by atoms with E-state index in [2.05, 4.69) is 31.2 Å². The average molecular weight is 385 g/mol. The number of halogens is 1. The van der Waals surface area contributed by atoms with Crippen LogP contribution in [0, 0.1) is 0 Å².